The molecule has 6 heteroatoms. The molecule has 0 radical (unpaired) electrons. The molecule has 0 fully saturated rings. The molecule has 1 N–H and O–H groups in total. The summed E-state index contributed by atoms with van der Waals surface area (Å²) < 4.78 is 22.6. The van der Waals surface area contributed by atoms with Crippen molar-refractivity contribution in [3.05, 3.63) is 48.2 Å². The van der Waals surface area contributed by atoms with Crippen LogP contribution in [0.3, 0.4) is 0 Å². The molecule has 0 spiro atoms. The zero-order valence-corrected chi connectivity index (χ0v) is 20.8. The fourth-order valence-electron chi connectivity index (χ4n) is 3.95. The van der Waals surface area contributed by atoms with Gasteiger partial charge in [0.25, 0.3) is 0 Å². The topological polar surface area (TPSA) is 69.9 Å². The van der Waals surface area contributed by atoms with Crippen LogP contribution in [-0.2, 0) is 4.79 Å². The zero-order valence-electron chi connectivity index (χ0n) is 20.8. The van der Waals surface area contributed by atoms with Crippen LogP contribution in [0.15, 0.2) is 47.1 Å². The zero-order chi connectivity index (χ0) is 24.5. The lowest BCUT2D eigenvalue weighted by atomic mass is 9.99. The summed E-state index contributed by atoms with van der Waals surface area (Å²) in [5.74, 6) is 1.90. The molecule has 0 aliphatic rings. The van der Waals surface area contributed by atoms with Crippen molar-refractivity contribution < 1.29 is 23.4 Å². The summed E-state index contributed by atoms with van der Waals surface area (Å²) >= 11 is 0. The van der Waals surface area contributed by atoms with Gasteiger partial charge in [0.2, 0.25) is 5.91 Å². The first-order valence-corrected chi connectivity index (χ1v) is 11.9. The lowest BCUT2D eigenvalue weighted by Gasteiger charge is -2.12. The van der Waals surface area contributed by atoms with E-state index in [1.165, 1.54) is 12.8 Å². The molecule has 2 aromatic carbocycles. The minimum Gasteiger partial charge on any atom is -0.493 e. The van der Waals surface area contributed by atoms with Crippen molar-refractivity contribution >= 4 is 22.4 Å². The number of methoxy groups -OCH3 is 2. The standard InChI is InChI=1S/C28H35NO5/c1-6-8-9-10-13-29-28(30)14-19(3)21-16-22-23(18-34-26(22)17-25(21)33-7-2)20-11-12-24(31-4)27(15-20)32-5/h11-12,14-18H,6-10,13H2,1-5H3,(H,29,30)/b19-14+. The first-order valence-electron chi connectivity index (χ1n) is 11.9. The van der Waals surface area contributed by atoms with Crippen LogP contribution in [0.4, 0.5) is 0 Å². The number of hydrogen-bond donors (Lipinski definition) is 1. The third-order valence-electron chi connectivity index (χ3n) is 5.77. The van der Waals surface area contributed by atoms with Gasteiger partial charge in [0.15, 0.2) is 11.5 Å². The van der Waals surface area contributed by atoms with E-state index in [2.05, 4.69) is 12.2 Å². The number of rotatable bonds is 12. The van der Waals surface area contributed by atoms with Crippen LogP contribution in [0.25, 0.3) is 27.7 Å². The quantitative estimate of drug-likeness (QED) is 0.241. The Hall–Kier alpha value is -3.41. The van der Waals surface area contributed by atoms with Crippen molar-refractivity contribution in [2.45, 2.75) is 46.5 Å². The summed E-state index contributed by atoms with van der Waals surface area (Å²) in [7, 11) is 3.23. The molecule has 182 valence electrons. The van der Waals surface area contributed by atoms with Crippen LogP contribution in [0.1, 0.15) is 52.0 Å². The van der Waals surface area contributed by atoms with Gasteiger partial charge in [-0.1, -0.05) is 32.3 Å². The highest BCUT2D eigenvalue weighted by atomic mass is 16.5. The third kappa shape index (κ3) is 5.93. The Morgan fingerprint density at radius 1 is 1.00 bits per heavy atom. The average molecular weight is 466 g/mol. The molecule has 1 heterocycles. The number of carbonyl (C=O) groups is 1. The number of unbranched alkanes of at least 4 members (excludes halogenated alkanes) is 3. The number of furan rings is 1. The number of hydrogen-bond acceptors (Lipinski definition) is 5. The highest BCUT2D eigenvalue weighted by Gasteiger charge is 2.16. The maximum Gasteiger partial charge on any atom is 0.244 e. The summed E-state index contributed by atoms with van der Waals surface area (Å²) in [5.41, 5.74) is 4.27. The number of benzene rings is 2. The minimum atomic E-state index is -0.0937. The molecule has 34 heavy (non-hydrogen) atoms. The molecule has 0 bridgehead atoms. The smallest absolute Gasteiger partial charge is 0.244 e. The van der Waals surface area contributed by atoms with E-state index in [4.69, 9.17) is 18.6 Å². The Bertz CT molecular complexity index is 1150. The van der Waals surface area contributed by atoms with Gasteiger partial charge < -0.3 is 23.9 Å². The van der Waals surface area contributed by atoms with Crippen LogP contribution in [0, 0.1) is 0 Å². The van der Waals surface area contributed by atoms with Gasteiger partial charge in [-0.05, 0) is 49.6 Å². The molecule has 3 aromatic rings. The van der Waals surface area contributed by atoms with E-state index < -0.39 is 0 Å². The predicted molar refractivity (Wildman–Crippen MR) is 137 cm³/mol. The molecular formula is C28H35NO5. The number of amides is 1. The van der Waals surface area contributed by atoms with Crippen LogP contribution in [-0.4, -0.2) is 33.3 Å². The summed E-state index contributed by atoms with van der Waals surface area (Å²) in [6, 6.07) is 9.68. The van der Waals surface area contributed by atoms with Gasteiger partial charge in [-0.25, -0.2) is 0 Å². The van der Waals surface area contributed by atoms with E-state index in [1.807, 2.05) is 44.2 Å². The van der Waals surface area contributed by atoms with Crippen molar-refractivity contribution in [2.24, 2.45) is 0 Å². The minimum absolute atomic E-state index is 0.0937. The largest absolute Gasteiger partial charge is 0.493 e. The van der Waals surface area contributed by atoms with Crippen LogP contribution < -0.4 is 19.5 Å². The van der Waals surface area contributed by atoms with Gasteiger partial charge in [-0.2, -0.15) is 0 Å². The second kappa shape index (κ2) is 12.2. The first-order chi connectivity index (χ1) is 16.5. The molecule has 0 atom stereocenters. The van der Waals surface area contributed by atoms with Gasteiger partial charge in [-0.3, -0.25) is 4.79 Å². The summed E-state index contributed by atoms with van der Waals surface area (Å²) in [5, 5.41) is 3.92. The van der Waals surface area contributed by atoms with Crippen molar-refractivity contribution in [1.82, 2.24) is 5.32 Å². The maximum atomic E-state index is 12.5. The fourth-order valence-corrected chi connectivity index (χ4v) is 3.95. The monoisotopic (exact) mass is 465 g/mol. The Labute approximate surface area is 201 Å². The summed E-state index contributed by atoms with van der Waals surface area (Å²) in [6.45, 7) is 7.24. The SMILES string of the molecule is CCCCCCNC(=O)/C=C(\C)c1cc2c(-c3ccc(OC)c(OC)c3)coc2cc1OCC. The van der Waals surface area contributed by atoms with Crippen LogP contribution in [0.2, 0.25) is 0 Å². The molecule has 1 aromatic heterocycles. The first kappa shape index (κ1) is 25.2. The van der Waals surface area contributed by atoms with Gasteiger partial charge in [0.05, 0.1) is 27.1 Å². The van der Waals surface area contributed by atoms with E-state index in [1.54, 1.807) is 26.6 Å². The van der Waals surface area contributed by atoms with E-state index in [0.29, 0.717) is 36.0 Å². The molecule has 6 nitrogen and oxygen atoms in total. The lowest BCUT2D eigenvalue weighted by Crippen LogP contribution is -2.22. The molecule has 1 amide bonds. The maximum absolute atomic E-state index is 12.5. The fraction of sp³-hybridized carbons (Fsp3) is 0.393. The van der Waals surface area contributed by atoms with E-state index in [0.717, 1.165) is 40.5 Å². The number of nitrogens with one attached hydrogen (secondary N) is 1. The normalized spacial score (nSPS) is 11.5. The number of ether oxygens (including phenoxy) is 3. The van der Waals surface area contributed by atoms with E-state index in [9.17, 15) is 4.79 Å². The van der Waals surface area contributed by atoms with Crippen molar-refractivity contribution in [1.29, 1.82) is 0 Å². The van der Waals surface area contributed by atoms with Gasteiger partial charge >= 0.3 is 0 Å². The number of fused-ring (bicyclic) bond motifs is 1. The highest BCUT2D eigenvalue weighted by molar-refractivity contribution is 6.00. The lowest BCUT2D eigenvalue weighted by molar-refractivity contribution is -0.116. The Morgan fingerprint density at radius 2 is 1.79 bits per heavy atom. The second-order valence-electron chi connectivity index (χ2n) is 8.18. The van der Waals surface area contributed by atoms with E-state index >= 15 is 0 Å². The van der Waals surface area contributed by atoms with Crippen molar-refractivity contribution in [3.63, 3.8) is 0 Å². The van der Waals surface area contributed by atoms with Crippen molar-refractivity contribution in [2.75, 3.05) is 27.4 Å². The van der Waals surface area contributed by atoms with Crippen LogP contribution >= 0.6 is 0 Å². The Kier molecular flexibility index (Phi) is 9.02. The van der Waals surface area contributed by atoms with Gasteiger partial charge in [0, 0.05) is 35.2 Å². The highest BCUT2D eigenvalue weighted by Crippen LogP contribution is 2.40. The molecule has 0 saturated carbocycles. The van der Waals surface area contributed by atoms with E-state index in [-0.39, 0.29) is 5.91 Å². The third-order valence-corrected chi connectivity index (χ3v) is 5.77. The molecule has 0 aliphatic heterocycles. The molecule has 0 saturated heterocycles. The average Bonchev–Trinajstić information content (AvgIpc) is 3.26. The molecule has 3 rings (SSSR count). The summed E-state index contributed by atoms with van der Waals surface area (Å²) in [6.07, 6.45) is 7.86. The van der Waals surface area contributed by atoms with Gasteiger partial charge in [-0.15, -0.1) is 0 Å². The van der Waals surface area contributed by atoms with Gasteiger partial charge in [0.1, 0.15) is 11.3 Å². The Balaban J connectivity index is 1.95. The number of allylic oxidation sites excluding steroid dienone is 1. The van der Waals surface area contributed by atoms with Crippen LogP contribution in [0.5, 0.6) is 17.2 Å². The molecule has 0 aliphatic carbocycles. The predicted octanol–water partition coefficient (Wildman–Crippen LogP) is 6.62. The second-order valence-corrected chi connectivity index (χ2v) is 8.18. The van der Waals surface area contributed by atoms with Crippen molar-refractivity contribution in [3.8, 4) is 28.4 Å². The Morgan fingerprint density at radius 3 is 2.50 bits per heavy atom. The summed E-state index contributed by atoms with van der Waals surface area (Å²) in [4.78, 5) is 12.5. The molecule has 0 unspecified atom stereocenters. The number of carbonyl (C=O) groups excluding carboxylic acids is 1. The molecular weight excluding hydrogens is 430 g/mol.